The van der Waals surface area contributed by atoms with Crippen molar-refractivity contribution < 1.29 is 4.52 Å². The smallest absolute Gasteiger partial charge is 0.249 e. The molecule has 21 heavy (non-hydrogen) atoms. The largest absolute Gasteiger partial charge is 0.358 e. The molecule has 1 atom stereocenters. The van der Waals surface area contributed by atoms with Crippen LogP contribution >= 0.6 is 0 Å². The molecule has 1 N–H and O–H groups in total. The zero-order valence-electron chi connectivity index (χ0n) is 12.7. The van der Waals surface area contributed by atoms with Crippen LogP contribution in [0.25, 0.3) is 0 Å². The highest BCUT2D eigenvalue weighted by atomic mass is 16.5. The minimum Gasteiger partial charge on any atom is -0.358 e. The van der Waals surface area contributed by atoms with E-state index in [1.807, 2.05) is 6.07 Å². The van der Waals surface area contributed by atoms with E-state index in [1.54, 1.807) is 6.33 Å². The van der Waals surface area contributed by atoms with Crippen LogP contribution in [-0.2, 0) is 6.42 Å². The van der Waals surface area contributed by atoms with Crippen LogP contribution in [0.2, 0.25) is 0 Å². The van der Waals surface area contributed by atoms with E-state index in [1.165, 1.54) is 12.8 Å². The average Bonchev–Trinajstić information content (AvgIpc) is 3.23. The van der Waals surface area contributed by atoms with E-state index in [-0.39, 0.29) is 6.04 Å². The van der Waals surface area contributed by atoms with Gasteiger partial charge in [-0.15, -0.1) is 0 Å². The maximum Gasteiger partial charge on any atom is 0.249 e. The Kier molecular flexibility index (Phi) is 3.86. The van der Waals surface area contributed by atoms with E-state index in [2.05, 4.69) is 46.2 Å². The Bertz CT molecular complexity index is 606. The predicted octanol–water partition coefficient (Wildman–Crippen LogP) is 3.11. The minimum absolute atomic E-state index is 0.0374. The molecular formula is C15H21N5O. The molecule has 2 aromatic rings. The molecule has 1 aliphatic rings. The molecule has 1 saturated carbocycles. The lowest BCUT2D eigenvalue weighted by Gasteiger charge is -2.19. The maximum atomic E-state index is 5.45. The molecule has 6 heteroatoms. The Hall–Kier alpha value is -1.98. The first kappa shape index (κ1) is 14.0. The van der Waals surface area contributed by atoms with Gasteiger partial charge < -0.3 is 9.84 Å². The fourth-order valence-electron chi connectivity index (χ4n) is 2.22. The molecule has 6 nitrogen and oxygen atoms in total. The van der Waals surface area contributed by atoms with Gasteiger partial charge in [-0.25, -0.2) is 9.97 Å². The fraction of sp³-hybridized carbons (Fsp3) is 0.600. The Morgan fingerprint density at radius 2 is 2.14 bits per heavy atom. The number of hydrogen-bond donors (Lipinski definition) is 1. The highest BCUT2D eigenvalue weighted by molar-refractivity contribution is 5.37. The van der Waals surface area contributed by atoms with Crippen molar-refractivity contribution in [3.8, 4) is 0 Å². The summed E-state index contributed by atoms with van der Waals surface area (Å²) in [6, 6.07) is 1.93. The van der Waals surface area contributed by atoms with Crippen LogP contribution < -0.4 is 5.32 Å². The first-order chi connectivity index (χ1) is 10.2. The Balaban J connectivity index is 1.79. The molecule has 112 valence electrons. The summed E-state index contributed by atoms with van der Waals surface area (Å²) in [6.07, 6.45) is 4.81. The van der Waals surface area contributed by atoms with E-state index >= 15 is 0 Å². The van der Waals surface area contributed by atoms with Crippen LogP contribution in [-0.4, -0.2) is 20.1 Å². The van der Waals surface area contributed by atoms with Crippen LogP contribution in [0, 0.1) is 5.92 Å². The molecule has 1 unspecified atom stereocenters. The van der Waals surface area contributed by atoms with E-state index in [4.69, 9.17) is 4.52 Å². The van der Waals surface area contributed by atoms with Crippen molar-refractivity contribution in [3.05, 3.63) is 29.8 Å². The summed E-state index contributed by atoms with van der Waals surface area (Å²) >= 11 is 0. The number of aryl methyl sites for hydroxylation is 1. The highest BCUT2D eigenvalue weighted by Gasteiger charge is 2.31. The van der Waals surface area contributed by atoms with Crippen LogP contribution in [0.3, 0.4) is 0 Å². The van der Waals surface area contributed by atoms with E-state index < -0.39 is 0 Å². The molecule has 0 radical (unpaired) electrons. The molecule has 0 bridgehead atoms. The molecule has 1 fully saturated rings. The van der Waals surface area contributed by atoms with Gasteiger partial charge in [0.25, 0.3) is 0 Å². The van der Waals surface area contributed by atoms with Gasteiger partial charge in [0.05, 0.1) is 0 Å². The predicted molar refractivity (Wildman–Crippen MR) is 78.9 cm³/mol. The van der Waals surface area contributed by atoms with Gasteiger partial charge >= 0.3 is 0 Å². The van der Waals surface area contributed by atoms with Crippen LogP contribution in [0.1, 0.15) is 63.0 Å². The lowest BCUT2D eigenvalue weighted by molar-refractivity contribution is 0.332. The third-order valence-corrected chi connectivity index (χ3v) is 3.72. The lowest BCUT2D eigenvalue weighted by Crippen LogP contribution is -2.18. The van der Waals surface area contributed by atoms with Gasteiger partial charge in [-0.2, -0.15) is 4.98 Å². The Labute approximate surface area is 124 Å². The van der Waals surface area contributed by atoms with Gasteiger partial charge in [0, 0.05) is 17.7 Å². The maximum absolute atomic E-state index is 5.45. The number of nitrogens with one attached hydrogen (secondary N) is 1. The van der Waals surface area contributed by atoms with Crippen molar-refractivity contribution in [2.45, 2.75) is 52.0 Å². The summed E-state index contributed by atoms with van der Waals surface area (Å²) < 4.78 is 5.45. The molecule has 2 aromatic heterocycles. The van der Waals surface area contributed by atoms with Crippen molar-refractivity contribution in [2.24, 2.45) is 5.92 Å². The average molecular weight is 287 g/mol. The summed E-state index contributed by atoms with van der Waals surface area (Å²) in [7, 11) is 0. The molecule has 0 aliphatic heterocycles. The zero-order chi connectivity index (χ0) is 14.8. The van der Waals surface area contributed by atoms with Crippen molar-refractivity contribution in [3.63, 3.8) is 0 Å². The van der Waals surface area contributed by atoms with Crippen molar-refractivity contribution in [1.82, 2.24) is 20.1 Å². The lowest BCUT2D eigenvalue weighted by atomic mass is 10.0. The van der Waals surface area contributed by atoms with Gasteiger partial charge in [0.1, 0.15) is 18.2 Å². The summed E-state index contributed by atoms with van der Waals surface area (Å²) in [4.78, 5) is 13.0. The number of hydrogen-bond acceptors (Lipinski definition) is 6. The van der Waals surface area contributed by atoms with Crippen molar-refractivity contribution in [1.29, 1.82) is 0 Å². The first-order valence-corrected chi connectivity index (χ1v) is 7.58. The van der Waals surface area contributed by atoms with E-state index in [0.717, 1.165) is 23.8 Å². The highest BCUT2D eigenvalue weighted by Crippen LogP contribution is 2.39. The Morgan fingerprint density at radius 3 is 2.81 bits per heavy atom. The summed E-state index contributed by atoms with van der Waals surface area (Å²) in [6.45, 7) is 6.33. The van der Waals surface area contributed by atoms with Gasteiger partial charge in [-0.1, -0.05) is 25.9 Å². The molecule has 0 saturated heterocycles. The van der Waals surface area contributed by atoms with Crippen LogP contribution in [0.4, 0.5) is 5.82 Å². The molecule has 0 aromatic carbocycles. The van der Waals surface area contributed by atoms with Gasteiger partial charge in [0.15, 0.2) is 5.82 Å². The second-order valence-corrected chi connectivity index (χ2v) is 5.88. The fourth-order valence-corrected chi connectivity index (χ4v) is 2.22. The molecule has 2 heterocycles. The summed E-state index contributed by atoms with van der Waals surface area (Å²) in [5, 5.41) is 7.49. The minimum atomic E-state index is -0.0374. The molecule has 3 rings (SSSR count). The third-order valence-electron chi connectivity index (χ3n) is 3.72. The molecule has 0 spiro atoms. The standard InChI is InChI=1S/C15H21N5O/c1-4-11-7-12(17-8-16-11)18-13(9(2)3)15-19-14(20-21-15)10-5-6-10/h7-10,13H,4-6H2,1-3H3,(H,16,17,18). The molecule has 0 amide bonds. The SMILES string of the molecule is CCc1cc(NC(c2nc(C3CC3)no2)C(C)C)ncn1. The third kappa shape index (κ3) is 3.20. The first-order valence-electron chi connectivity index (χ1n) is 7.58. The van der Waals surface area contributed by atoms with Crippen LogP contribution in [0.5, 0.6) is 0 Å². The topological polar surface area (TPSA) is 76.7 Å². The van der Waals surface area contributed by atoms with Crippen LogP contribution in [0.15, 0.2) is 16.9 Å². The molecular weight excluding hydrogens is 266 g/mol. The zero-order valence-corrected chi connectivity index (χ0v) is 12.7. The van der Waals surface area contributed by atoms with Gasteiger partial charge in [-0.3, -0.25) is 0 Å². The Morgan fingerprint density at radius 1 is 1.33 bits per heavy atom. The number of rotatable bonds is 6. The van der Waals surface area contributed by atoms with Crippen molar-refractivity contribution in [2.75, 3.05) is 5.32 Å². The van der Waals surface area contributed by atoms with E-state index in [9.17, 15) is 0 Å². The second-order valence-electron chi connectivity index (χ2n) is 5.88. The van der Waals surface area contributed by atoms with E-state index in [0.29, 0.717) is 17.7 Å². The normalized spacial score (nSPS) is 16.2. The summed E-state index contributed by atoms with van der Waals surface area (Å²) in [5.74, 6) is 3.10. The number of aromatic nitrogens is 4. The van der Waals surface area contributed by atoms with Gasteiger partial charge in [0.2, 0.25) is 5.89 Å². The second kappa shape index (κ2) is 5.79. The number of anilines is 1. The summed E-state index contributed by atoms with van der Waals surface area (Å²) in [5.41, 5.74) is 1.01. The quantitative estimate of drug-likeness (QED) is 0.879. The number of nitrogens with zero attached hydrogens (tertiary/aromatic N) is 4. The molecule has 1 aliphatic carbocycles. The monoisotopic (exact) mass is 287 g/mol. The van der Waals surface area contributed by atoms with Crippen molar-refractivity contribution >= 4 is 5.82 Å². The van der Waals surface area contributed by atoms with Gasteiger partial charge in [-0.05, 0) is 25.2 Å².